The van der Waals surface area contributed by atoms with Crippen LogP contribution in [0, 0.1) is 0 Å². The van der Waals surface area contributed by atoms with E-state index >= 15 is 0 Å². The molecule has 0 radical (unpaired) electrons. The summed E-state index contributed by atoms with van der Waals surface area (Å²) in [5.74, 6) is -1.77. The Hall–Kier alpha value is -1.23. The van der Waals surface area contributed by atoms with Gasteiger partial charge in [-0.3, -0.25) is 14.5 Å². The molecule has 1 fully saturated rings. The molecule has 0 saturated carbocycles. The highest BCUT2D eigenvalue weighted by molar-refractivity contribution is 8.13. The van der Waals surface area contributed by atoms with Crippen LogP contribution in [-0.2, 0) is 35.0 Å². The molecule has 2 aliphatic rings. The van der Waals surface area contributed by atoms with Crippen LogP contribution < -0.4 is 5.73 Å². The Balaban J connectivity index is 2.51. The van der Waals surface area contributed by atoms with E-state index in [4.69, 9.17) is 15.2 Å². The molecule has 140 valence electrons. The summed E-state index contributed by atoms with van der Waals surface area (Å²) < 4.78 is 22.6. The van der Waals surface area contributed by atoms with E-state index < -0.39 is 50.6 Å². The molecule has 0 aromatic carbocycles. The van der Waals surface area contributed by atoms with E-state index in [0.29, 0.717) is 5.57 Å². The summed E-state index contributed by atoms with van der Waals surface area (Å²) in [7, 11) is 0. The zero-order chi connectivity index (χ0) is 19.1. The Kier molecular flexibility index (Phi) is 5.77. The van der Waals surface area contributed by atoms with Crippen LogP contribution in [-0.4, -0.2) is 61.8 Å². The van der Waals surface area contributed by atoms with Crippen molar-refractivity contribution in [2.45, 2.75) is 49.3 Å². The molecule has 4 atom stereocenters. The first-order valence-corrected chi connectivity index (χ1v) is 10.2. The number of carbonyl (C=O) groups excluding carboxylic acids is 3. The number of carbonyl (C=O) groups is 3. The van der Waals surface area contributed by atoms with Gasteiger partial charge >= 0.3 is 11.9 Å². The van der Waals surface area contributed by atoms with E-state index in [1.165, 1.54) is 18.7 Å². The predicted molar refractivity (Wildman–Crippen MR) is 93.6 cm³/mol. The summed E-state index contributed by atoms with van der Waals surface area (Å²) in [6.07, 6.45) is 1.73. The van der Waals surface area contributed by atoms with Crippen LogP contribution in [0.1, 0.15) is 27.7 Å². The minimum atomic E-state index is -1.54. The van der Waals surface area contributed by atoms with Crippen molar-refractivity contribution in [1.82, 2.24) is 4.90 Å². The molecule has 2 aliphatic heterocycles. The van der Waals surface area contributed by atoms with Gasteiger partial charge in [0.05, 0.1) is 5.57 Å². The first-order chi connectivity index (χ1) is 11.5. The third-order valence-corrected chi connectivity index (χ3v) is 7.15. The maximum Gasteiger partial charge on any atom is 0.356 e. The minimum absolute atomic E-state index is 0.0215. The van der Waals surface area contributed by atoms with Crippen molar-refractivity contribution in [3.05, 3.63) is 11.3 Å². The van der Waals surface area contributed by atoms with Gasteiger partial charge in [-0.15, -0.1) is 11.8 Å². The van der Waals surface area contributed by atoms with Crippen molar-refractivity contribution in [2.24, 2.45) is 5.73 Å². The zero-order valence-corrected chi connectivity index (χ0v) is 16.4. The molecule has 1 saturated heterocycles. The minimum Gasteiger partial charge on any atom is -0.614 e. The second kappa shape index (κ2) is 7.18. The number of thioether (sulfide) groups is 1. The topological polar surface area (TPSA) is 122 Å². The Morgan fingerprint density at radius 3 is 2.48 bits per heavy atom. The van der Waals surface area contributed by atoms with Crippen LogP contribution in [0.2, 0.25) is 0 Å². The van der Waals surface area contributed by atoms with Crippen molar-refractivity contribution in [2.75, 3.05) is 12.9 Å². The lowest BCUT2D eigenvalue weighted by Crippen LogP contribution is -2.74. The molecule has 2 unspecified atom stereocenters. The van der Waals surface area contributed by atoms with E-state index in [0.717, 1.165) is 4.90 Å². The number of nitrogens with two attached hydrogens (primary N) is 1. The molecule has 0 aliphatic carbocycles. The third-order valence-electron chi connectivity index (χ3n) is 3.60. The van der Waals surface area contributed by atoms with Crippen LogP contribution in [0.15, 0.2) is 11.3 Å². The molecule has 2 heterocycles. The Morgan fingerprint density at radius 2 is 2.00 bits per heavy atom. The molecule has 10 heteroatoms. The fraction of sp³-hybridized carbons (Fsp3) is 0.667. The highest BCUT2D eigenvalue weighted by atomic mass is 32.3. The van der Waals surface area contributed by atoms with Crippen LogP contribution in [0.4, 0.5) is 0 Å². The van der Waals surface area contributed by atoms with Gasteiger partial charge in [0.1, 0.15) is 17.9 Å². The molecule has 2 rings (SSSR count). The number of nitrogens with zero attached hydrogens (tertiary/aromatic N) is 1. The lowest BCUT2D eigenvalue weighted by Gasteiger charge is -2.50. The molecule has 25 heavy (non-hydrogen) atoms. The van der Waals surface area contributed by atoms with Gasteiger partial charge in [0.2, 0.25) is 5.37 Å². The van der Waals surface area contributed by atoms with Gasteiger partial charge in [-0.05, 0) is 38.2 Å². The van der Waals surface area contributed by atoms with Crippen LogP contribution in [0.25, 0.3) is 0 Å². The van der Waals surface area contributed by atoms with Crippen LogP contribution >= 0.6 is 11.8 Å². The third kappa shape index (κ3) is 3.81. The van der Waals surface area contributed by atoms with Crippen molar-refractivity contribution < 1.29 is 28.4 Å². The summed E-state index contributed by atoms with van der Waals surface area (Å²) >= 11 is -0.291. The van der Waals surface area contributed by atoms with Gasteiger partial charge in [-0.1, -0.05) is 0 Å². The smallest absolute Gasteiger partial charge is 0.356 e. The molecule has 0 spiro atoms. The molecule has 8 nitrogen and oxygen atoms in total. The number of hydrogen-bond acceptors (Lipinski definition) is 8. The Labute approximate surface area is 153 Å². The fourth-order valence-corrected chi connectivity index (χ4v) is 5.71. The summed E-state index contributed by atoms with van der Waals surface area (Å²) in [6, 6.07) is -0.928. The average molecular weight is 390 g/mol. The Bertz CT molecular complexity index is 630. The van der Waals surface area contributed by atoms with Gasteiger partial charge in [0, 0.05) is 6.92 Å². The van der Waals surface area contributed by atoms with Gasteiger partial charge in [0.15, 0.2) is 10.6 Å². The number of hydrogen-bond donors (Lipinski definition) is 1. The fourth-order valence-electron chi connectivity index (χ4n) is 2.61. The first-order valence-electron chi connectivity index (χ1n) is 7.60. The molecule has 0 aromatic heterocycles. The largest absolute Gasteiger partial charge is 0.614 e. The van der Waals surface area contributed by atoms with E-state index in [9.17, 15) is 18.9 Å². The number of β-lactam (4-membered cyclic amide) rings is 1. The highest BCUT2D eigenvalue weighted by Gasteiger charge is 2.62. The number of esters is 2. The normalized spacial score (nSPS) is 29.1. The molecule has 1 amide bonds. The maximum atomic E-state index is 12.8. The van der Waals surface area contributed by atoms with E-state index in [1.54, 1.807) is 27.0 Å². The van der Waals surface area contributed by atoms with Gasteiger partial charge in [-0.25, -0.2) is 4.79 Å². The SMILES string of the molecule is CSC1C(COC(C)=O)=C(C(=O)OC(C)(C)C)N2C(=O)[C@@H](N)[C@H]2[S+]1[O-]. The molecule has 0 aromatic rings. The van der Waals surface area contributed by atoms with E-state index in [1.807, 2.05) is 0 Å². The second-order valence-electron chi connectivity index (χ2n) is 6.68. The number of fused-ring (bicyclic) bond motifs is 1. The Morgan fingerprint density at radius 1 is 1.40 bits per heavy atom. The summed E-state index contributed by atoms with van der Waals surface area (Å²) in [6.45, 7) is 6.09. The quantitative estimate of drug-likeness (QED) is 0.407. The molecule has 0 bridgehead atoms. The lowest BCUT2D eigenvalue weighted by atomic mass is 10.0. The average Bonchev–Trinajstić information content (AvgIpc) is 2.49. The van der Waals surface area contributed by atoms with Crippen LogP contribution in [0.5, 0.6) is 0 Å². The molecular formula is C15H22N2O6S2. The standard InChI is InChI=1S/C15H22N2O6S2/c1-7(18)22-6-8-10(13(20)23-15(2,3)4)17-11(19)9(16)12(17)25(21)14(8)24-5/h9,12,14H,6,16H2,1-5H3/t9-,12-,14?,25?/m1/s1. The van der Waals surface area contributed by atoms with Gasteiger partial charge < -0.3 is 19.8 Å². The van der Waals surface area contributed by atoms with Crippen molar-refractivity contribution >= 4 is 40.8 Å². The van der Waals surface area contributed by atoms with E-state index in [-0.39, 0.29) is 12.3 Å². The predicted octanol–water partition coefficient (Wildman–Crippen LogP) is 0.0923. The molecule has 2 N–H and O–H groups in total. The monoisotopic (exact) mass is 390 g/mol. The summed E-state index contributed by atoms with van der Waals surface area (Å²) in [5, 5.41) is -0.784. The lowest BCUT2D eigenvalue weighted by molar-refractivity contribution is -0.158. The first kappa shape index (κ1) is 20.1. The molecular weight excluding hydrogens is 368 g/mol. The number of ether oxygens (including phenoxy) is 2. The summed E-state index contributed by atoms with van der Waals surface area (Å²) in [4.78, 5) is 37.3. The maximum absolute atomic E-state index is 12.8. The summed E-state index contributed by atoms with van der Waals surface area (Å²) in [5.41, 5.74) is 5.28. The second-order valence-corrected chi connectivity index (χ2v) is 9.53. The van der Waals surface area contributed by atoms with E-state index in [2.05, 4.69) is 0 Å². The van der Waals surface area contributed by atoms with Crippen molar-refractivity contribution in [3.63, 3.8) is 0 Å². The number of rotatable bonds is 4. The van der Waals surface area contributed by atoms with Crippen molar-refractivity contribution in [3.8, 4) is 0 Å². The number of amides is 1. The van der Waals surface area contributed by atoms with Crippen molar-refractivity contribution in [1.29, 1.82) is 0 Å². The van der Waals surface area contributed by atoms with Gasteiger partial charge in [-0.2, -0.15) is 0 Å². The highest BCUT2D eigenvalue weighted by Crippen LogP contribution is 2.43. The van der Waals surface area contributed by atoms with Crippen LogP contribution in [0.3, 0.4) is 0 Å². The van der Waals surface area contributed by atoms with Gasteiger partial charge in [0.25, 0.3) is 5.91 Å². The zero-order valence-electron chi connectivity index (χ0n) is 14.7.